The summed E-state index contributed by atoms with van der Waals surface area (Å²) in [4.78, 5) is 35.8. The van der Waals surface area contributed by atoms with E-state index in [-0.39, 0.29) is 25.1 Å². The monoisotopic (exact) mass is 543 g/mol. The molecule has 1 aliphatic heterocycles. The minimum absolute atomic E-state index is 0.0843. The van der Waals surface area contributed by atoms with Gasteiger partial charge in [-0.3, -0.25) is 14.9 Å². The van der Waals surface area contributed by atoms with Gasteiger partial charge < -0.3 is 10.0 Å². The van der Waals surface area contributed by atoms with Gasteiger partial charge in [-0.15, -0.1) is 0 Å². The van der Waals surface area contributed by atoms with Gasteiger partial charge in [-0.2, -0.15) is 4.31 Å². The lowest BCUT2D eigenvalue weighted by Gasteiger charge is -2.40. The van der Waals surface area contributed by atoms with Crippen LogP contribution < -0.4 is 0 Å². The molecule has 2 aromatic rings. The number of sulfonamides is 1. The van der Waals surface area contributed by atoms with Gasteiger partial charge in [0.2, 0.25) is 5.91 Å². The van der Waals surface area contributed by atoms with Crippen LogP contribution in [0.1, 0.15) is 12.5 Å². The number of nitro groups is 1. The molecule has 2 aromatic carbocycles. The maximum Gasteiger partial charge on any atom is 0.326 e. The number of halogens is 2. The number of carbonyl (C=O) groups excluding carboxylic acids is 1. The van der Waals surface area contributed by atoms with E-state index in [0.717, 1.165) is 21.3 Å². The van der Waals surface area contributed by atoms with Gasteiger partial charge in [0.1, 0.15) is 17.9 Å². The molecule has 10 nitrogen and oxygen atoms in total. The third-order valence-electron chi connectivity index (χ3n) is 5.37. The number of benzene rings is 2. The van der Waals surface area contributed by atoms with E-state index in [0.29, 0.717) is 4.47 Å². The van der Waals surface area contributed by atoms with E-state index >= 15 is 0 Å². The molecule has 3 rings (SSSR count). The number of hydrogen-bond acceptors (Lipinski definition) is 6. The average molecular weight is 544 g/mol. The van der Waals surface area contributed by atoms with Crippen molar-refractivity contribution in [2.24, 2.45) is 0 Å². The topological polar surface area (TPSA) is 138 Å². The lowest BCUT2D eigenvalue weighted by Crippen LogP contribution is -2.61. The number of piperazine rings is 1. The number of nitro benzene ring substituents is 1. The fourth-order valence-electron chi connectivity index (χ4n) is 3.69. The molecule has 1 aliphatic rings. The summed E-state index contributed by atoms with van der Waals surface area (Å²) in [5.41, 5.74) is -0.547. The zero-order valence-corrected chi connectivity index (χ0v) is 19.6. The van der Waals surface area contributed by atoms with E-state index in [1.54, 1.807) is 6.07 Å². The molecule has 1 heterocycles. The molecule has 1 unspecified atom stereocenters. The zero-order chi connectivity index (χ0) is 24.5. The molecule has 13 heteroatoms. The highest BCUT2D eigenvalue weighted by atomic mass is 79.9. The van der Waals surface area contributed by atoms with E-state index in [1.165, 1.54) is 31.2 Å². The first-order valence-electron chi connectivity index (χ1n) is 9.67. The fraction of sp³-hybridized carbons (Fsp3) is 0.300. The Morgan fingerprint density at radius 2 is 1.97 bits per heavy atom. The minimum Gasteiger partial charge on any atom is -0.480 e. The smallest absolute Gasteiger partial charge is 0.326 e. The summed E-state index contributed by atoms with van der Waals surface area (Å²) in [5.74, 6) is -2.81. The van der Waals surface area contributed by atoms with Gasteiger partial charge in [0.05, 0.1) is 4.92 Å². The van der Waals surface area contributed by atoms with Crippen LogP contribution in [0.25, 0.3) is 0 Å². The van der Waals surface area contributed by atoms with E-state index in [9.17, 15) is 37.6 Å². The molecule has 0 aliphatic carbocycles. The van der Waals surface area contributed by atoms with Crippen LogP contribution in [0, 0.1) is 15.9 Å². The largest absolute Gasteiger partial charge is 0.480 e. The van der Waals surface area contributed by atoms with Crippen molar-refractivity contribution in [3.63, 3.8) is 0 Å². The Morgan fingerprint density at radius 3 is 2.58 bits per heavy atom. The number of hydrogen-bond donors (Lipinski definition) is 1. The Hall–Kier alpha value is -2.90. The number of rotatable bonds is 7. The third kappa shape index (κ3) is 4.89. The summed E-state index contributed by atoms with van der Waals surface area (Å²) in [5, 5.41) is 21.0. The summed E-state index contributed by atoms with van der Waals surface area (Å²) < 4.78 is 41.8. The molecule has 1 N–H and O–H groups in total. The molecule has 0 aromatic heterocycles. The van der Waals surface area contributed by atoms with Crippen LogP contribution in [0.4, 0.5) is 10.1 Å². The van der Waals surface area contributed by atoms with Crippen molar-refractivity contribution in [2.45, 2.75) is 30.3 Å². The van der Waals surface area contributed by atoms with Crippen molar-refractivity contribution < 1.29 is 32.4 Å². The summed E-state index contributed by atoms with van der Waals surface area (Å²) in [7, 11) is -4.43. The van der Waals surface area contributed by atoms with Crippen molar-refractivity contribution in [3.8, 4) is 0 Å². The van der Waals surface area contributed by atoms with E-state index < -0.39 is 55.3 Å². The number of amides is 1. The predicted molar refractivity (Wildman–Crippen MR) is 117 cm³/mol. The molecule has 176 valence electrons. The molecular weight excluding hydrogens is 525 g/mol. The second-order valence-corrected chi connectivity index (χ2v) is 10.1. The predicted octanol–water partition coefficient (Wildman–Crippen LogP) is 2.41. The highest BCUT2D eigenvalue weighted by Crippen LogP contribution is 2.30. The van der Waals surface area contributed by atoms with Crippen LogP contribution >= 0.6 is 15.9 Å². The van der Waals surface area contributed by atoms with Gasteiger partial charge in [-0.1, -0.05) is 34.1 Å². The lowest BCUT2D eigenvalue weighted by molar-refractivity contribution is -0.387. The highest BCUT2D eigenvalue weighted by molar-refractivity contribution is 9.10. The van der Waals surface area contributed by atoms with Crippen molar-refractivity contribution in [1.82, 2.24) is 9.21 Å². The number of para-hydroxylation sites is 1. The average Bonchev–Trinajstić information content (AvgIpc) is 2.75. The van der Waals surface area contributed by atoms with Crippen LogP contribution in [-0.2, 0) is 26.0 Å². The fourth-order valence-corrected chi connectivity index (χ4v) is 5.76. The number of carboxylic acid groups (broad SMARTS) is 1. The standard InChI is InChI=1S/C20H19BrFN3O7S/c1-12-19(26)23(17(20(27)28)10-13-6-7-14(21)11-15(13)22)8-9-24(12)33(31,32)18-5-3-2-4-16(18)25(29)30/h2-7,11-12,17H,8-10H2,1H3,(H,27,28)/t12-,17?/m0/s1. The van der Waals surface area contributed by atoms with Crippen molar-refractivity contribution in [2.75, 3.05) is 13.1 Å². The van der Waals surface area contributed by atoms with E-state index in [4.69, 9.17) is 0 Å². The summed E-state index contributed by atoms with van der Waals surface area (Å²) in [6.07, 6.45) is -0.316. The molecule has 0 bridgehead atoms. The number of carboxylic acids is 1. The van der Waals surface area contributed by atoms with Crippen LogP contribution in [0.15, 0.2) is 51.8 Å². The maximum absolute atomic E-state index is 14.3. The second kappa shape index (κ2) is 9.53. The summed E-state index contributed by atoms with van der Waals surface area (Å²) in [6.45, 7) is 0.714. The van der Waals surface area contributed by atoms with Crippen molar-refractivity contribution >= 4 is 43.5 Å². The SMILES string of the molecule is C[C@H]1C(=O)N(C(Cc2ccc(Br)cc2F)C(=O)O)CCN1S(=O)(=O)c1ccccc1[N+](=O)[O-]. The first kappa shape index (κ1) is 24.7. The van der Waals surface area contributed by atoms with Crippen LogP contribution in [0.3, 0.4) is 0 Å². The summed E-state index contributed by atoms with van der Waals surface area (Å²) >= 11 is 3.12. The van der Waals surface area contributed by atoms with Gasteiger partial charge in [0.15, 0.2) is 4.90 Å². The number of nitrogens with zero attached hydrogens (tertiary/aromatic N) is 3. The maximum atomic E-state index is 14.3. The Labute approximate surface area is 196 Å². The lowest BCUT2D eigenvalue weighted by atomic mass is 10.0. The Morgan fingerprint density at radius 1 is 1.30 bits per heavy atom. The van der Waals surface area contributed by atoms with Gasteiger partial charge in [-0.05, 0) is 30.7 Å². The number of aliphatic carboxylic acids is 1. The minimum atomic E-state index is -4.43. The molecule has 0 saturated carbocycles. The van der Waals surface area contributed by atoms with E-state index in [2.05, 4.69) is 15.9 Å². The molecular formula is C20H19BrFN3O7S. The molecule has 1 saturated heterocycles. The Balaban J connectivity index is 1.89. The van der Waals surface area contributed by atoms with Crippen LogP contribution in [-0.4, -0.2) is 64.7 Å². The second-order valence-electron chi connectivity index (χ2n) is 7.34. The van der Waals surface area contributed by atoms with Crippen molar-refractivity contribution in [3.05, 3.63) is 68.4 Å². The molecule has 1 amide bonds. The van der Waals surface area contributed by atoms with Crippen molar-refractivity contribution in [1.29, 1.82) is 0 Å². The normalized spacial score (nSPS) is 18.2. The molecule has 0 radical (unpaired) electrons. The van der Waals surface area contributed by atoms with Crippen LogP contribution in [0.2, 0.25) is 0 Å². The molecule has 1 fully saturated rings. The Bertz CT molecular complexity index is 1220. The number of carbonyl (C=O) groups is 2. The molecule has 0 spiro atoms. The van der Waals surface area contributed by atoms with Gasteiger partial charge in [-0.25, -0.2) is 17.6 Å². The Kier molecular flexibility index (Phi) is 7.14. The van der Waals surface area contributed by atoms with Crippen LogP contribution in [0.5, 0.6) is 0 Å². The zero-order valence-electron chi connectivity index (χ0n) is 17.2. The molecule has 2 atom stereocenters. The molecule has 33 heavy (non-hydrogen) atoms. The third-order valence-corrected chi connectivity index (χ3v) is 7.88. The van der Waals surface area contributed by atoms with Gasteiger partial charge in [0, 0.05) is 30.0 Å². The van der Waals surface area contributed by atoms with E-state index in [1.807, 2.05) is 0 Å². The first-order valence-corrected chi connectivity index (χ1v) is 11.9. The summed E-state index contributed by atoms with van der Waals surface area (Å²) in [6, 6.07) is 6.15. The van der Waals surface area contributed by atoms with Gasteiger partial charge in [0.25, 0.3) is 15.7 Å². The first-order chi connectivity index (χ1) is 15.4. The highest BCUT2D eigenvalue weighted by Gasteiger charge is 2.44. The van der Waals surface area contributed by atoms with Gasteiger partial charge >= 0.3 is 5.97 Å². The quantitative estimate of drug-likeness (QED) is 0.417.